The second-order valence-corrected chi connectivity index (χ2v) is 4.53. The number of para-hydroxylation sites is 1. The van der Waals surface area contributed by atoms with Gasteiger partial charge in [0.2, 0.25) is 0 Å². The Bertz CT molecular complexity index is 372. The van der Waals surface area contributed by atoms with Crippen LogP contribution in [0.4, 0.5) is 0 Å². The Morgan fingerprint density at radius 2 is 2.17 bits per heavy atom. The number of aliphatic hydroxyl groups is 1. The van der Waals surface area contributed by atoms with Crippen LogP contribution in [-0.4, -0.2) is 38.6 Å². The highest BCUT2D eigenvalue weighted by Gasteiger charge is 2.34. The third-order valence-electron chi connectivity index (χ3n) is 3.15. The van der Waals surface area contributed by atoms with Gasteiger partial charge < -0.3 is 19.3 Å². The van der Waals surface area contributed by atoms with Crippen LogP contribution < -0.4 is 4.74 Å². The summed E-state index contributed by atoms with van der Waals surface area (Å²) in [5.74, 6) is 0.711. The number of ether oxygens (including phenoxy) is 3. The fourth-order valence-corrected chi connectivity index (χ4v) is 2.20. The summed E-state index contributed by atoms with van der Waals surface area (Å²) in [5.41, 5.74) is -0.122. The van der Waals surface area contributed by atoms with E-state index in [4.69, 9.17) is 14.2 Å². The van der Waals surface area contributed by atoms with E-state index in [0.29, 0.717) is 32.0 Å². The van der Waals surface area contributed by atoms with Crippen molar-refractivity contribution in [3.63, 3.8) is 0 Å². The topological polar surface area (TPSA) is 47.9 Å². The summed E-state index contributed by atoms with van der Waals surface area (Å²) in [6, 6.07) is 7.58. The summed E-state index contributed by atoms with van der Waals surface area (Å²) < 4.78 is 16.0. The number of rotatable bonds is 5. The zero-order chi connectivity index (χ0) is 12.8. The third kappa shape index (κ3) is 3.02. The van der Waals surface area contributed by atoms with Crippen molar-refractivity contribution < 1.29 is 19.3 Å². The lowest BCUT2D eigenvalue weighted by Gasteiger charge is -2.33. The molecule has 1 fully saturated rings. The predicted octanol–water partition coefficient (Wildman–Crippen LogP) is 1.71. The smallest absolute Gasteiger partial charge is 0.125 e. The summed E-state index contributed by atoms with van der Waals surface area (Å²) in [4.78, 5) is 0. The summed E-state index contributed by atoms with van der Waals surface area (Å²) in [6.07, 6.45) is 1.57. The van der Waals surface area contributed by atoms with Gasteiger partial charge in [-0.25, -0.2) is 0 Å². The van der Waals surface area contributed by atoms with Gasteiger partial charge in [-0.05, 0) is 18.9 Å². The maximum Gasteiger partial charge on any atom is 0.125 e. The molecule has 1 aromatic rings. The van der Waals surface area contributed by atoms with Crippen LogP contribution >= 0.6 is 0 Å². The van der Waals surface area contributed by atoms with Crippen molar-refractivity contribution in [1.82, 2.24) is 0 Å². The van der Waals surface area contributed by atoms with Crippen molar-refractivity contribution in [2.24, 2.45) is 0 Å². The molecule has 0 amide bonds. The van der Waals surface area contributed by atoms with E-state index in [2.05, 4.69) is 0 Å². The van der Waals surface area contributed by atoms with Gasteiger partial charge in [-0.3, -0.25) is 0 Å². The zero-order valence-electron chi connectivity index (χ0n) is 10.7. The van der Waals surface area contributed by atoms with Gasteiger partial charge in [-0.1, -0.05) is 18.2 Å². The Labute approximate surface area is 107 Å². The van der Waals surface area contributed by atoms with E-state index < -0.39 is 5.60 Å². The third-order valence-corrected chi connectivity index (χ3v) is 3.15. The van der Waals surface area contributed by atoms with E-state index in [1.165, 1.54) is 0 Å². The second-order valence-electron chi connectivity index (χ2n) is 4.53. The first-order valence-electron chi connectivity index (χ1n) is 6.28. The van der Waals surface area contributed by atoms with Gasteiger partial charge in [0.1, 0.15) is 18.0 Å². The van der Waals surface area contributed by atoms with Crippen LogP contribution in [0.15, 0.2) is 24.3 Å². The maximum absolute atomic E-state index is 10.6. The van der Waals surface area contributed by atoms with Crippen LogP contribution in [0.5, 0.6) is 5.75 Å². The van der Waals surface area contributed by atoms with Crippen molar-refractivity contribution in [2.75, 3.05) is 33.5 Å². The highest BCUT2D eigenvalue weighted by molar-refractivity contribution is 5.38. The number of methoxy groups -OCH3 is 1. The Kier molecular flexibility index (Phi) is 4.58. The summed E-state index contributed by atoms with van der Waals surface area (Å²) >= 11 is 0. The Morgan fingerprint density at radius 3 is 2.89 bits per heavy atom. The highest BCUT2D eigenvalue weighted by atomic mass is 16.5. The minimum absolute atomic E-state index is 0.331. The van der Waals surface area contributed by atoms with E-state index in [9.17, 15) is 5.11 Å². The van der Waals surface area contributed by atoms with Gasteiger partial charge in [0.15, 0.2) is 0 Å². The molecule has 4 heteroatoms. The van der Waals surface area contributed by atoms with Crippen LogP contribution in [-0.2, 0) is 15.1 Å². The molecule has 4 nitrogen and oxygen atoms in total. The summed E-state index contributed by atoms with van der Waals surface area (Å²) in [7, 11) is 1.64. The van der Waals surface area contributed by atoms with E-state index in [0.717, 1.165) is 18.6 Å². The minimum atomic E-state index is -0.929. The molecule has 1 heterocycles. The monoisotopic (exact) mass is 252 g/mol. The molecule has 0 aromatic heterocycles. The molecule has 0 aliphatic carbocycles. The quantitative estimate of drug-likeness (QED) is 0.810. The van der Waals surface area contributed by atoms with E-state index in [1.54, 1.807) is 7.11 Å². The Hall–Kier alpha value is -1.10. The van der Waals surface area contributed by atoms with Crippen LogP contribution in [0.3, 0.4) is 0 Å². The molecule has 1 aliphatic rings. The molecule has 1 saturated heterocycles. The fraction of sp³-hybridized carbons (Fsp3) is 0.571. The van der Waals surface area contributed by atoms with E-state index in [1.807, 2.05) is 24.3 Å². The van der Waals surface area contributed by atoms with Crippen molar-refractivity contribution in [3.8, 4) is 5.75 Å². The molecule has 0 radical (unpaired) electrons. The van der Waals surface area contributed by atoms with Gasteiger partial charge in [0.25, 0.3) is 0 Å². The second kappa shape index (κ2) is 6.18. The predicted molar refractivity (Wildman–Crippen MR) is 67.8 cm³/mol. The molecule has 2 rings (SSSR count). The molecular formula is C14H20O4. The first-order chi connectivity index (χ1) is 8.76. The van der Waals surface area contributed by atoms with E-state index >= 15 is 0 Å². The normalized spacial score (nSPS) is 23.9. The van der Waals surface area contributed by atoms with Crippen molar-refractivity contribution in [1.29, 1.82) is 0 Å². The maximum atomic E-state index is 10.6. The SMILES string of the molecule is COCCOc1ccccc1C1(O)CCCOC1. The van der Waals surface area contributed by atoms with Gasteiger partial charge in [-0.15, -0.1) is 0 Å². The number of hydrogen-bond donors (Lipinski definition) is 1. The minimum Gasteiger partial charge on any atom is -0.491 e. The Balaban J connectivity index is 2.15. The fourth-order valence-electron chi connectivity index (χ4n) is 2.20. The van der Waals surface area contributed by atoms with Crippen molar-refractivity contribution >= 4 is 0 Å². The van der Waals surface area contributed by atoms with Crippen molar-refractivity contribution in [3.05, 3.63) is 29.8 Å². The van der Waals surface area contributed by atoms with Gasteiger partial charge in [0, 0.05) is 19.3 Å². The molecule has 1 aromatic carbocycles. The highest BCUT2D eigenvalue weighted by Crippen LogP contribution is 2.35. The molecule has 0 spiro atoms. The molecule has 1 aliphatic heterocycles. The molecule has 0 bridgehead atoms. The average molecular weight is 252 g/mol. The van der Waals surface area contributed by atoms with Crippen molar-refractivity contribution in [2.45, 2.75) is 18.4 Å². The average Bonchev–Trinajstić information content (AvgIpc) is 2.40. The summed E-state index contributed by atoms with van der Waals surface area (Å²) in [5, 5.41) is 10.6. The first-order valence-corrected chi connectivity index (χ1v) is 6.28. The Morgan fingerprint density at radius 1 is 1.33 bits per heavy atom. The lowest BCUT2D eigenvalue weighted by atomic mass is 9.88. The van der Waals surface area contributed by atoms with E-state index in [-0.39, 0.29) is 0 Å². The largest absolute Gasteiger partial charge is 0.491 e. The number of hydrogen-bond acceptors (Lipinski definition) is 4. The molecule has 1 atom stereocenters. The lowest BCUT2D eigenvalue weighted by Crippen LogP contribution is -2.36. The first kappa shape index (κ1) is 13.3. The molecule has 18 heavy (non-hydrogen) atoms. The van der Waals surface area contributed by atoms with Crippen LogP contribution in [0.2, 0.25) is 0 Å². The molecule has 100 valence electrons. The molecular weight excluding hydrogens is 232 g/mol. The van der Waals surface area contributed by atoms with Gasteiger partial charge >= 0.3 is 0 Å². The molecule has 1 N–H and O–H groups in total. The van der Waals surface area contributed by atoms with Gasteiger partial charge in [0.05, 0.1) is 13.2 Å². The number of benzene rings is 1. The van der Waals surface area contributed by atoms with Gasteiger partial charge in [-0.2, -0.15) is 0 Å². The zero-order valence-corrected chi connectivity index (χ0v) is 10.7. The van der Waals surface area contributed by atoms with Crippen LogP contribution in [0, 0.1) is 0 Å². The standard InChI is InChI=1S/C14H20O4/c1-16-9-10-18-13-6-3-2-5-12(13)14(15)7-4-8-17-11-14/h2-3,5-6,15H,4,7-11H2,1H3. The van der Waals surface area contributed by atoms with Crippen LogP contribution in [0.25, 0.3) is 0 Å². The molecule has 1 unspecified atom stereocenters. The molecule has 0 saturated carbocycles. The van der Waals surface area contributed by atoms with Crippen LogP contribution in [0.1, 0.15) is 18.4 Å². The lowest BCUT2D eigenvalue weighted by molar-refractivity contribution is -0.0915. The summed E-state index contributed by atoms with van der Waals surface area (Å²) in [6.45, 7) is 2.06.